The summed E-state index contributed by atoms with van der Waals surface area (Å²) in [4.78, 5) is 14.6. The van der Waals surface area contributed by atoms with Crippen LogP contribution in [0.3, 0.4) is 0 Å². The number of amides is 1. The molecule has 2 unspecified atom stereocenters. The Morgan fingerprint density at radius 1 is 1.24 bits per heavy atom. The molecule has 0 aromatic rings. The first-order chi connectivity index (χ1) is 10.1. The summed E-state index contributed by atoms with van der Waals surface area (Å²) < 4.78 is 0. The number of nitrogens with zero attached hydrogens (tertiary/aromatic N) is 1. The lowest BCUT2D eigenvalue weighted by atomic mass is 9.88. The van der Waals surface area contributed by atoms with Gasteiger partial charge in [-0.3, -0.25) is 9.69 Å². The van der Waals surface area contributed by atoms with E-state index >= 15 is 0 Å². The summed E-state index contributed by atoms with van der Waals surface area (Å²) in [5.74, 6) is 1.67. The van der Waals surface area contributed by atoms with Gasteiger partial charge in [-0.25, -0.2) is 0 Å². The molecule has 0 radical (unpaired) electrons. The van der Waals surface area contributed by atoms with Crippen LogP contribution in [0, 0.1) is 11.8 Å². The van der Waals surface area contributed by atoms with Crippen LogP contribution in [-0.2, 0) is 4.79 Å². The average Bonchev–Trinajstić information content (AvgIpc) is 3.00. The van der Waals surface area contributed by atoms with Crippen molar-refractivity contribution in [2.75, 3.05) is 26.2 Å². The fraction of sp³-hybridized carbons (Fsp3) is 0.941. The predicted molar refractivity (Wildman–Crippen MR) is 87.2 cm³/mol. The molecule has 0 saturated carbocycles. The van der Waals surface area contributed by atoms with E-state index in [1.54, 1.807) is 0 Å². The Hall–Kier alpha value is -0.610. The summed E-state index contributed by atoms with van der Waals surface area (Å²) in [5, 5.41) is 6.72. The molecule has 4 heteroatoms. The van der Waals surface area contributed by atoms with E-state index in [-0.39, 0.29) is 11.9 Å². The second-order valence-corrected chi connectivity index (χ2v) is 7.23. The lowest BCUT2D eigenvalue weighted by Gasteiger charge is -2.37. The van der Waals surface area contributed by atoms with Gasteiger partial charge in [0.25, 0.3) is 0 Å². The van der Waals surface area contributed by atoms with Crippen molar-refractivity contribution in [2.24, 2.45) is 11.8 Å². The van der Waals surface area contributed by atoms with Gasteiger partial charge in [0.15, 0.2) is 0 Å². The minimum absolute atomic E-state index is 0.0228. The highest BCUT2D eigenvalue weighted by Gasteiger charge is 2.31. The number of likely N-dealkylation sites (tertiary alicyclic amines) is 1. The molecular formula is C17H33N3O. The van der Waals surface area contributed by atoms with Gasteiger partial charge in [0.1, 0.15) is 0 Å². The molecule has 2 fully saturated rings. The first-order valence-electron chi connectivity index (χ1n) is 8.83. The van der Waals surface area contributed by atoms with Gasteiger partial charge < -0.3 is 10.6 Å². The van der Waals surface area contributed by atoms with Gasteiger partial charge in [0.2, 0.25) is 5.91 Å². The number of hydrogen-bond acceptors (Lipinski definition) is 3. The highest BCUT2D eigenvalue weighted by atomic mass is 16.2. The van der Waals surface area contributed by atoms with Crippen molar-refractivity contribution in [3.05, 3.63) is 0 Å². The summed E-state index contributed by atoms with van der Waals surface area (Å²) in [6.45, 7) is 10.6. The van der Waals surface area contributed by atoms with Crippen molar-refractivity contribution < 1.29 is 4.79 Å². The number of piperidine rings is 1. The summed E-state index contributed by atoms with van der Waals surface area (Å²) in [6.07, 6.45) is 6.21. The minimum atomic E-state index is 0.0228. The van der Waals surface area contributed by atoms with Crippen LogP contribution in [0.2, 0.25) is 0 Å². The molecule has 2 aliphatic rings. The second-order valence-electron chi connectivity index (χ2n) is 7.23. The Bertz CT molecular complexity index is 318. The normalized spacial score (nSPS) is 26.2. The van der Waals surface area contributed by atoms with E-state index < -0.39 is 0 Å². The third-order valence-corrected chi connectivity index (χ3v) is 5.19. The van der Waals surface area contributed by atoms with E-state index in [4.69, 9.17) is 0 Å². The smallest absolute Gasteiger partial charge is 0.237 e. The van der Waals surface area contributed by atoms with Gasteiger partial charge in [-0.1, -0.05) is 13.8 Å². The van der Waals surface area contributed by atoms with Gasteiger partial charge in [-0.15, -0.1) is 0 Å². The van der Waals surface area contributed by atoms with Crippen molar-refractivity contribution in [1.29, 1.82) is 0 Å². The van der Waals surface area contributed by atoms with Crippen LogP contribution in [0.15, 0.2) is 0 Å². The Morgan fingerprint density at radius 3 is 2.52 bits per heavy atom. The maximum absolute atomic E-state index is 12.2. The van der Waals surface area contributed by atoms with Crippen LogP contribution in [0.5, 0.6) is 0 Å². The molecule has 2 heterocycles. The van der Waals surface area contributed by atoms with E-state index in [9.17, 15) is 4.79 Å². The zero-order valence-electron chi connectivity index (χ0n) is 14.0. The van der Waals surface area contributed by atoms with Gasteiger partial charge in [0.05, 0.1) is 6.04 Å². The first kappa shape index (κ1) is 16.8. The van der Waals surface area contributed by atoms with Crippen LogP contribution in [-0.4, -0.2) is 49.1 Å². The van der Waals surface area contributed by atoms with Gasteiger partial charge in [-0.05, 0) is 70.5 Å². The van der Waals surface area contributed by atoms with Gasteiger partial charge >= 0.3 is 0 Å². The van der Waals surface area contributed by atoms with Crippen LogP contribution < -0.4 is 10.6 Å². The molecule has 2 saturated heterocycles. The predicted octanol–water partition coefficient (Wildman–Crippen LogP) is 2.00. The lowest BCUT2D eigenvalue weighted by molar-refractivity contribution is -0.126. The molecule has 122 valence electrons. The molecule has 2 atom stereocenters. The van der Waals surface area contributed by atoms with E-state index in [2.05, 4.69) is 36.3 Å². The Morgan fingerprint density at radius 2 is 1.95 bits per heavy atom. The van der Waals surface area contributed by atoms with Crippen molar-refractivity contribution in [2.45, 2.75) is 65.0 Å². The summed E-state index contributed by atoms with van der Waals surface area (Å²) >= 11 is 0. The molecule has 2 aliphatic heterocycles. The van der Waals surface area contributed by atoms with E-state index in [1.807, 2.05) is 0 Å². The monoisotopic (exact) mass is 295 g/mol. The highest BCUT2D eigenvalue weighted by Crippen LogP contribution is 2.26. The van der Waals surface area contributed by atoms with E-state index in [0.717, 1.165) is 38.0 Å². The molecule has 0 spiro atoms. The molecule has 0 aromatic heterocycles. The van der Waals surface area contributed by atoms with E-state index in [0.29, 0.717) is 5.92 Å². The molecule has 0 aromatic carbocycles. The molecule has 0 aliphatic carbocycles. The molecular weight excluding hydrogens is 262 g/mol. The topological polar surface area (TPSA) is 44.4 Å². The first-order valence-corrected chi connectivity index (χ1v) is 8.83. The van der Waals surface area contributed by atoms with Crippen LogP contribution in [0.1, 0.15) is 52.9 Å². The summed E-state index contributed by atoms with van der Waals surface area (Å²) in [7, 11) is 0. The SMILES string of the molecule is CC(C)CCNC(=O)C(C)N1CCC(C2CCCN2)CC1. The lowest BCUT2D eigenvalue weighted by Crippen LogP contribution is -2.50. The number of carbonyl (C=O) groups excluding carboxylic acids is 1. The number of carbonyl (C=O) groups is 1. The molecule has 4 nitrogen and oxygen atoms in total. The maximum atomic E-state index is 12.2. The Kier molecular flexibility index (Phi) is 6.49. The Balaban J connectivity index is 1.69. The number of rotatable bonds is 6. The molecule has 2 N–H and O–H groups in total. The molecule has 0 bridgehead atoms. The minimum Gasteiger partial charge on any atom is -0.355 e. The zero-order valence-corrected chi connectivity index (χ0v) is 14.0. The van der Waals surface area contributed by atoms with Crippen LogP contribution in [0.25, 0.3) is 0 Å². The summed E-state index contributed by atoms with van der Waals surface area (Å²) in [5.41, 5.74) is 0. The van der Waals surface area contributed by atoms with Crippen molar-refractivity contribution in [1.82, 2.24) is 15.5 Å². The standard InChI is InChI=1S/C17H33N3O/c1-13(2)6-10-19-17(21)14(3)20-11-7-15(8-12-20)16-5-4-9-18-16/h13-16,18H,4-12H2,1-3H3,(H,19,21). The van der Waals surface area contributed by atoms with Crippen molar-refractivity contribution in [3.63, 3.8) is 0 Å². The summed E-state index contributed by atoms with van der Waals surface area (Å²) in [6, 6.07) is 0.761. The van der Waals surface area contributed by atoms with Gasteiger partial charge in [-0.2, -0.15) is 0 Å². The molecule has 2 rings (SSSR count). The fourth-order valence-corrected chi connectivity index (χ4v) is 3.62. The van der Waals surface area contributed by atoms with E-state index in [1.165, 1.54) is 32.2 Å². The average molecular weight is 295 g/mol. The molecule has 21 heavy (non-hydrogen) atoms. The second kappa shape index (κ2) is 8.14. The third kappa shape index (κ3) is 4.96. The molecule has 1 amide bonds. The van der Waals surface area contributed by atoms with Crippen molar-refractivity contribution in [3.8, 4) is 0 Å². The number of hydrogen-bond donors (Lipinski definition) is 2. The third-order valence-electron chi connectivity index (χ3n) is 5.19. The zero-order chi connectivity index (χ0) is 15.2. The largest absolute Gasteiger partial charge is 0.355 e. The maximum Gasteiger partial charge on any atom is 0.237 e. The Labute approximate surface area is 130 Å². The van der Waals surface area contributed by atoms with Crippen LogP contribution >= 0.6 is 0 Å². The van der Waals surface area contributed by atoms with Crippen LogP contribution in [0.4, 0.5) is 0 Å². The number of nitrogens with one attached hydrogen (secondary N) is 2. The van der Waals surface area contributed by atoms with Gasteiger partial charge in [0, 0.05) is 12.6 Å². The quantitative estimate of drug-likeness (QED) is 0.788. The highest BCUT2D eigenvalue weighted by molar-refractivity contribution is 5.81. The van der Waals surface area contributed by atoms with Crippen molar-refractivity contribution >= 4 is 5.91 Å². The fourth-order valence-electron chi connectivity index (χ4n) is 3.62.